The second kappa shape index (κ2) is 7.12. The van der Waals surface area contributed by atoms with Gasteiger partial charge in [-0.3, -0.25) is 4.79 Å². The van der Waals surface area contributed by atoms with Crippen LogP contribution in [-0.2, 0) is 11.3 Å². The molecule has 1 atom stereocenters. The zero-order chi connectivity index (χ0) is 16.9. The smallest absolute Gasteiger partial charge is 0.264 e. The number of rotatable bonds is 5. The minimum absolute atomic E-state index is 0.183. The average Bonchev–Trinajstić information content (AvgIpc) is 2.65. The van der Waals surface area contributed by atoms with E-state index in [0.717, 1.165) is 5.56 Å². The minimum atomic E-state index is -0.677. The van der Waals surface area contributed by atoms with Gasteiger partial charge in [0.1, 0.15) is 18.1 Å². The first-order valence-electron chi connectivity index (χ1n) is 7.58. The highest BCUT2D eigenvalue weighted by Crippen LogP contribution is 2.31. The maximum Gasteiger partial charge on any atom is 0.264 e. The Kier molecular flexibility index (Phi) is 4.74. The first-order valence-corrected chi connectivity index (χ1v) is 7.58. The number of hydrogen-bond acceptors (Lipinski definition) is 5. The molecule has 0 spiro atoms. The van der Waals surface area contributed by atoms with Gasteiger partial charge in [-0.25, -0.2) is 0 Å². The summed E-state index contributed by atoms with van der Waals surface area (Å²) >= 11 is 0. The molecule has 0 fully saturated rings. The van der Waals surface area contributed by atoms with Crippen LogP contribution in [0.3, 0.4) is 0 Å². The van der Waals surface area contributed by atoms with Crippen LogP contribution in [0.4, 0.5) is 0 Å². The Bertz CT molecular complexity index is 731. The number of carbonyl (C=O) groups excluding carboxylic acids is 1. The summed E-state index contributed by atoms with van der Waals surface area (Å²) in [7, 11) is 3.17. The van der Waals surface area contributed by atoms with Crippen LogP contribution in [0.25, 0.3) is 0 Å². The van der Waals surface area contributed by atoms with Crippen molar-refractivity contribution in [2.75, 3.05) is 20.8 Å². The lowest BCUT2D eigenvalue weighted by atomic mass is 10.2. The van der Waals surface area contributed by atoms with Crippen molar-refractivity contribution in [2.45, 2.75) is 12.6 Å². The van der Waals surface area contributed by atoms with E-state index >= 15 is 0 Å². The number of benzene rings is 2. The number of hydrogen-bond donors (Lipinski definition) is 1. The first kappa shape index (κ1) is 16.0. The molecule has 0 bridgehead atoms. The fourth-order valence-electron chi connectivity index (χ4n) is 2.44. The van der Waals surface area contributed by atoms with E-state index < -0.39 is 6.10 Å². The number of carbonyl (C=O) groups is 1. The number of amides is 1. The van der Waals surface area contributed by atoms with E-state index in [1.807, 2.05) is 30.3 Å². The molecule has 24 heavy (non-hydrogen) atoms. The predicted molar refractivity (Wildman–Crippen MR) is 87.7 cm³/mol. The topological polar surface area (TPSA) is 66.0 Å². The van der Waals surface area contributed by atoms with Gasteiger partial charge in [0.15, 0.2) is 11.5 Å². The van der Waals surface area contributed by atoms with Gasteiger partial charge in [0.25, 0.3) is 5.91 Å². The fraction of sp³-hybridized carbons (Fsp3) is 0.278. The average molecular weight is 329 g/mol. The van der Waals surface area contributed by atoms with Crippen molar-refractivity contribution in [1.29, 1.82) is 0 Å². The summed E-state index contributed by atoms with van der Waals surface area (Å²) in [6.07, 6.45) is -0.677. The molecular formula is C18H19NO5. The maximum absolute atomic E-state index is 12.3. The van der Waals surface area contributed by atoms with Gasteiger partial charge in [0.2, 0.25) is 6.10 Å². The van der Waals surface area contributed by atoms with E-state index in [1.54, 1.807) is 26.4 Å². The molecule has 126 valence electrons. The third-order valence-corrected chi connectivity index (χ3v) is 3.75. The molecule has 6 nitrogen and oxygen atoms in total. The molecule has 1 aliphatic heterocycles. The summed E-state index contributed by atoms with van der Waals surface area (Å²) in [6, 6.07) is 12.7. The monoisotopic (exact) mass is 329 g/mol. The van der Waals surface area contributed by atoms with Gasteiger partial charge >= 0.3 is 0 Å². The van der Waals surface area contributed by atoms with Crippen molar-refractivity contribution in [3.8, 4) is 23.0 Å². The summed E-state index contributed by atoms with van der Waals surface area (Å²) in [5, 5.41) is 2.85. The third-order valence-electron chi connectivity index (χ3n) is 3.75. The Labute approximate surface area is 140 Å². The largest absolute Gasteiger partial charge is 0.497 e. The number of ether oxygens (including phenoxy) is 4. The molecule has 0 unspecified atom stereocenters. The van der Waals surface area contributed by atoms with Gasteiger partial charge in [0, 0.05) is 18.2 Å². The Balaban J connectivity index is 1.62. The van der Waals surface area contributed by atoms with Crippen molar-refractivity contribution in [3.05, 3.63) is 48.0 Å². The Hall–Kier alpha value is -2.89. The van der Waals surface area contributed by atoms with Crippen LogP contribution < -0.4 is 24.3 Å². The summed E-state index contributed by atoms with van der Waals surface area (Å²) in [6.45, 7) is 0.510. The predicted octanol–water partition coefficient (Wildman–Crippen LogP) is 2.16. The standard InChI is InChI=1S/C18H19NO5/c1-21-13-8-7-12(16(9-13)22-2)10-19-18(20)17-11-23-14-5-3-4-6-15(14)24-17/h3-9,17H,10-11H2,1-2H3,(H,19,20)/t17-/m1/s1. The minimum Gasteiger partial charge on any atom is -0.497 e. The van der Waals surface area contributed by atoms with Gasteiger partial charge < -0.3 is 24.3 Å². The Morgan fingerprint density at radius 1 is 1.17 bits per heavy atom. The van der Waals surface area contributed by atoms with Crippen LogP contribution in [0.15, 0.2) is 42.5 Å². The molecule has 0 aromatic heterocycles. The van der Waals surface area contributed by atoms with Gasteiger partial charge in [0.05, 0.1) is 14.2 Å². The van der Waals surface area contributed by atoms with E-state index in [1.165, 1.54) is 0 Å². The van der Waals surface area contributed by atoms with Crippen LogP contribution in [0.2, 0.25) is 0 Å². The van der Waals surface area contributed by atoms with Gasteiger partial charge in [-0.05, 0) is 24.3 Å². The Morgan fingerprint density at radius 2 is 1.96 bits per heavy atom. The number of fused-ring (bicyclic) bond motifs is 1. The van der Waals surface area contributed by atoms with Crippen LogP contribution in [-0.4, -0.2) is 32.8 Å². The molecule has 1 aliphatic rings. The fourth-order valence-corrected chi connectivity index (χ4v) is 2.44. The van der Waals surface area contributed by atoms with Crippen LogP contribution >= 0.6 is 0 Å². The SMILES string of the molecule is COc1ccc(CNC(=O)[C@H]2COc3ccccc3O2)c(OC)c1. The summed E-state index contributed by atoms with van der Waals surface area (Å²) in [5.74, 6) is 2.34. The highest BCUT2D eigenvalue weighted by molar-refractivity contribution is 5.81. The molecule has 3 rings (SSSR count). The lowest BCUT2D eigenvalue weighted by molar-refractivity contribution is -0.130. The zero-order valence-corrected chi connectivity index (χ0v) is 13.6. The summed E-state index contributed by atoms with van der Waals surface area (Å²) < 4.78 is 21.7. The van der Waals surface area contributed by atoms with Crippen molar-refractivity contribution in [1.82, 2.24) is 5.32 Å². The van der Waals surface area contributed by atoms with Crippen molar-refractivity contribution < 1.29 is 23.7 Å². The molecule has 1 amide bonds. The first-order chi connectivity index (χ1) is 11.7. The number of para-hydroxylation sites is 2. The molecule has 2 aromatic carbocycles. The van der Waals surface area contributed by atoms with Crippen LogP contribution in [0, 0.1) is 0 Å². The number of methoxy groups -OCH3 is 2. The summed E-state index contributed by atoms with van der Waals surface area (Å²) in [5.41, 5.74) is 0.851. The molecule has 0 saturated carbocycles. The summed E-state index contributed by atoms with van der Waals surface area (Å²) in [4.78, 5) is 12.3. The molecule has 0 aliphatic carbocycles. The molecule has 1 N–H and O–H groups in total. The quantitative estimate of drug-likeness (QED) is 0.910. The van der Waals surface area contributed by atoms with E-state index in [0.29, 0.717) is 29.5 Å². The molecule has 6 heteroatoms. The van der Waals surface area contributed by atoms with Crippen LogP contribution in [0.1, 0.15) is 5.56 Å². The van der Waals surface area contributed by atoms with Gasteiger partial charge in [-0.1, -0.05) is 12.1 Å². The Morgan fingerprint density at radius 3 is 2.71 bits per heavy atom. The van der Waals surface area contributed by atoms with E-state index in [-0.39, 0.29) is 12.5 Å². The molecular weight excluding hydrogens is 310 g/mol. The van der Waals surface area contributed by atoms with Crippen molar-refractivity contribution in [3.63, 3.8) is 0 Å². The van der Waals surface area contributed by atoms with Crippen molar-refractivity contribution >= 4 is 5.91 Å². The highest BCUT2D eigenvalue weighted by atomic mass is 16.6. The molecule has 2 aromatic rings. The van der Waals surface area contributed by atoms with Crippen LogP contribution in [0.5, 0.6) is 23.0 Å². The zero-order valence-electron chi connectivity index (χ0n) is 13.6. The number of nitrogens with one attached hydrogen (secondary N) is 1. The maximum atomic E-state index is 12.3. The second-order valence-electron chi connectivity index (χ2n) is 5.26. The van der Waals surface area contributed by atoms with E-state index in [4.69, 9.17) is 18.9 Å². The molecule has 0 radical (unpaired) electrons. The van der Waals surface area contributed by atoms with E-state index in [9.17, 15) is 4.79 Å². The second-order valence-corrected chi connectivity index (χ2v) is 5.26. The van der Waals surface area contributed by atoms with Crippen molar-refractivity contribution in [2.24, 2.45) is 0 Å². The highest BCUT2D eigenvalue weighted by Gasteiger charge is 2.27. The van der Waals surface area contributed by atoms with Gasteiger partial charge in [-0.15, -0.1) is 0 Å². The van der Waals surface area contributed by atoms with E-state index in [2.05, 4.69) is 5.32 Å². The molecule has 0 saturated heterocycles. The molecule has 1 heterocycles. The third kappa shape index (κ3) is 3.37. The normalized spacial score (nSPS) is 15.5. The lowest BCUT2D eigenvalue weighted by Crippen LogP contribution is -2.43. The van der Waals surface area contributed by atoms with Gasteiger partial charge in [-0.2, -0.15) is 0 Å². The lowest BCUT2D eigenvalue weighted by Gasteiger charge is -2.25.